The summed E-state index contributed by atoms with van der Waals surface area (Å²) < 4.78 is 0. The summed E-state index contributed by atoms with van der Waals surface area (Å²) in [6, 6.07) is 0. The molecule has 72 valence electrons. The molecule has 13 heavy (non-hydrogen) atoms. The van der Waals surface area contributed by atoms with Crippen LogP contribution in [0.15, 0.2) is 23.3 Å². The lowest BCUT2D eigenvalue weighted by Gasteiger charge is -2.36. The molecule has 0 aromatic heterocycles. The molecule has 0 heterocycles. The Kier molecular flexibility index (Phi) is 2.31. The van der Waals surface area contributed by atoms with Gasteiger partial charge in [0.2, 0.25) is 0 Å². The first-order valence-corrected chi connectivity index (χ1v) is 5.56. The second-order valence-electron chi connectivity index (χ2n) is 4.92. The third-order valence-electron chi connectivity index (χ3n) is 3.78. The van der Waals surface area contributed by atoms with Gasteiger partial charge in [0, 0.05) is 0 Å². The summed E-state index contributed by atoms with van der Waals surface area (Å²) in [7, 11) is 0. The summed E-state index contributed by atoms with van der Waals surface area (Å²) in [5.41, 5.74) is 3.31. The Morgan fingerprint density at radius 1 is 1.23 bits per heavy atom. The predicted octanol–water partition coefficient (Wildman–Crippen LogP) is 3.95. The monoisotopic (exact) mass is 176 g/mol. The Labute approximate surface area is 81.7 Å². The molecule has 0 aromatic rings. The van der Waals surface area contributed by atoms with E-state index in [4.69, 9.17) is 0 Å². The number of allylic oxidation sites excluding steroid dienone is 4. The van der Waals surface area contributed by atoms with E-state index in [1.165, 1.54) is 19.3 Å². The standard InChI is InChI=1S/C13H20/c1-9-4-7-12-10(2)5-6-11(3)13(12)8-9/h5-6,9-10,12H,4,7-8H2,1-3H3. The summed E-state index contributed by atoms with van der Waals surface area (Å²) in [4.78, 5) is 0. The van der Waals surface area contributed by atoms with Crippen LogP contribution < -0.4 is 0 Å². The Balaban J connectivity index is 2.27. The van der Waals surface area contributed by atoms with Crippen molar-refractivity contribution < 1.29 is 0 Å². The van der Waals surface area contributed by atoms with Crippen molar-refractivity contribution in [3.8, 4) is 0 Å². The summed E-state index contributed by atoms with van der Waals surface area (Å²) in [6.07, 6.45) is 8.91. The van der Waals surface area contributed by atoms with E-state index in [0.717, 1.165) is 17.8 Å². The molecule has 0 bridgehead atoms. The van der Waals surface area contributed by atoms with Crippen molar-refractivity contribution in [2.24, 2.45) is 17.8 Å². The van der Waals surface area contributed by atoms with Gasteiger partial charge in [-0.05, 0) is 43.9 Å². The minimum Gasteiger partial charge on any atom is -0.0808 e. The zero-order valence-corrected chi connectivity index (χ0v) is 9.01. The Hall–Kier alpha value is -0.520. The highest BCUT2D eigenvalue weighted by molar-refractivity contribution is 5.32. The molecule has 0 heteroatoms. The molecule has 1 saturated carbocycles. The number of fused-ring (bicyclic) bond motifs is 1. The molecule has 0 amide bonds. The fourth-order valence-electron chi connectivity index (χ4n) is 2.84. The van der Waals surface area contributed by atoms with Crippen LogP contribution in [0.25, 0.3) is 0 Å². The molecule has 0 spiro atoms. The lowest BCUT2D eigenvalue weighted by molar-refractivity contribution is 0.319. The lowest BCUT2D eigenvalue weighted by Crippen LogP contribution is -2.23. The molecule has 0 radical (unpaired) electrons. The van der Waals surface area contributed by atoms with Crippen molar-refractivity contribution in [3.05, 3.63) is 23.3 Å². The van der Waals surface area contributed by atoms with Gasteiger partial charge >= 0.3 is 0 Å². The van der Waals surface area contributed by atoms with Gasteiger partial charge in [0.25, 0.3) is 0 Å². The van der Waals surface area contributed by atoms with E-state index in [1.807, 2.05) is 0 Å². The van der Waals surface area contributed by atoms with E-state index < -0.39 is 0 Å². The van der Waals surface area contributed by atoms with Crippen LogP contribution in [-0.4, -0.2) is 0 Å². The third kappa shape index (κ3) is 1.59. The van der Waals surface area contributed by atoms with Crippen molar-refractivity contribution in [1.29, 1.82) is 0 Å². The first kappa shape index (κ1) is 9.05. The lowest BCUT2D eigenvalue weighted by atomic mass is 9.70. The van der Waals surface area contributed by atoms with Gasteiger partial charge in [0.1, 0.15) is 0 Å². The van der Waals surface area contributed by atoms with Crippen LogP contribution >= 0.6 is 0 Å². The van der Waals surface area contributed by atoms with Crippen LogP contribution in [0.4, 0.5) is 0 Å². The fraction of sp³-hybridized carbons (Fsp3) is 0.692. The summed E-state index contributed by atoms with van der Waals surface area (Å²) >= 11 is 0. The van der Waals surface area contributed by atoms with Crippen LogP contribution in [0.1, 0.15) is 40.0 Å². The largest absolute Gasteiger partial charge is 0.0808 e. The summed E-state index contributed by atoms with van der Waals surface area (Å²) in [5.74, 6) is 2.58. The van der Waals surface area contributed by atoms with Gasteiger partial charge in [0.15, 0.2) is 0 Å². The van der Waals surface area contributed by atoms with Crippen LogP contribution in [0.2, 0.25) is 0 Å². The topological polar surface area (TPSA) is 0 Å². The highest BCUT2D eigenvalue weighted by Crippen LogP contribution is 2.42. The van der Waals surface area contributed by atoms with E-state index in [9.17, 15) is 0 Å². The molecule has 0 nitrogen and oxygen atoms in total. The molecule has 1 fully saturated rings. The highest BCUT2D eigenvalue weighted by atomic mass is 14.3. The average molecular weight is 176 g/mol. The van der Waals surface area contributed by atoms with Crippen LogP contribution in [-0.2, 0) is 0 Å². The summed E-state index contributed by atoms with van der Waals surface area (Å²) in [6.45, 7) is 7.03. The maximum atomic E-state index is 2.39. The number of hydrogen-bond acceptors (Lipinski definition) is 0. The van der Waals surface area contributed by atoms with Crippen LogP contribution in [0.5, 0.6) is 0 Å². The molecular formula is C13H20. The SMILES string of the molecule is CC1=C2CC(C)CCC2C(C)C=C1. The minimum atomic E-state index is 0.784. The van der Waals surface area contributed by atoms with Crippen LogP contribution in [0.3, 0.4) is 0 Å². The number of rotatable bonds is 0. The Morgan fingerprint density at radius 3 is 2.77 bits per heavy atom. The molecule has 2 aliphatic rings. The number of hydrogen-bond donors (Lipinski definition) is 0. The second-order valence-corrected chi connectivity index (χ2v) is 4.92. The molecule has 3 unspecified atom stereocenters. The Morgan fingerprint density at radius 2 is 2.00 bits per heavy atom. The highest BCUT2D eigenvalue weighted by Gasteiger charge is 2.29. The molecule has 2 aliphatic carbocycles. The summed E-state index contributed by atoms with van der Waals surface area (Å²) in [5, 5.41) is 0. The van der Waals surface area contributed by atoms with E-state index in [0.29, 0.717) is 0 Å². The molecule has 3 atom stereocenters. The zero-order chi connectivity index (χ0) is 9.42. The van der Waals surface area contributed by atoms with Crippen molar-refractivity contribution in [2.45, 2.75) is 40.0 Å². The quantitative estimate of drug-likeness (QED) is 0.524. The third-order valence-corrected chi connectivity index (χ3v) is 3.78. The second kappa shape index (κ2) is 3.32. The van der Waals surface area contributed by atoms with E-state index in [1.54, 1.807) is 11.1 Å². The molecule has 0 aromatic carbocycles. The van der Waals surface area contributed by atoms with Crippen molar-refractivity contribution >= 4 is 0 Å². The van der Waals surface area contributed by atoms with E-state index in [-0.39, 0.29) is 0 Å². The first-order chi connectivity index (χ1) is 6.18. The normalized spacial score (nSPS) is 39.2. The maximum Gasteiger partial charge on any atom is -0.0137 e. The molecule has 2 rings (SSSR count). The minimum absolute atomic E-state index is 0.784. The zero-order valence-electron chi connectivity index (χ0n) is 9.01. The van der Waals surface area contributed by atoms with Gasteiger partial charge in [-0.3, -0.25) is 0 Å². The molecule has 0 N–H and O–H groups in total. The van der Waals surface area contributed by atoms with Gasteiger partial charge in [-0.25, -0.2) is 0 Å². The predicted molar refractivity (Wildman–Crippen MR) is 57.5 cm³/mol. The average Bonchev–Trinajstić information content (AvgIpc) is 2.12. The van der Waals surface area contributed by atoms with Gasteiger partial charge in [0.05, 0.1) is 0 Å². The molecular weight excluding hydrogens is 156 g/mol. The Bertz CT molecular complexity index is 257. The first-order valence-electron chi connectivity index (χ1n) is 5.56. The maximum absolute atomic E-state index is 2.39. The smallest absolute Gasteiger partial charge is 0.0137 e. The van der Waals surface area contributed by atoms with Gasteiger partial charge in [-0.2, -0.15) is 0 Å². The van der Waals surface area contributed by atoms with Gasteiger partial charge in [-0.1, -0.05) is 37.1 Å². The van der Waals surface area contributed by atoms with Gasteiger partial charge < -0.3 is 0 Å². The fourth-order valence-corrected chi connectivity index (χ4v) is 2.84. The van der Waals surface area contributed by atoms with E-state index >= 15 is 0 Å². The van der Waals surface area contributed by atoms with Crippen LogP contribution in [0, 0.1) is 17.8 Å². The van der Waals surface area contributed by atoms with E-state index in [2.05, 4.69) is 32.9 Å². The van der Waals surface area contributed by atoms with Crippen molar-refractivity contribution in [3.63, 3.8) is 0 Å². The molecule has 0 aliphatic heterocycles. The van der Waals surface area contributed by atoms with Crippen molar-refractivity contribution in [2.75, 3.05) is 0 Å². The van der Waals surface area contributed by atoms with Gasteiger partial charge in [-0.15, -0.1) is 0 Å². The molecule has 0 saturated heterocycles. The van der Waals surface area contributed by atoms with Crippen molar-refractivity contribution in [1.82, 2.24) is 0 Å².